The standard InChI is InChI=1S/C9H17BrN2O3/c1-14-5-3-11-7-8(10)12(9(11)13)4-6-15-2/h8H,3-7H2,1-2H3. The zero-order valence-electron chi connectivity index (χ0n) is 9.11. The SMILES string of the molecule is COCCN1CC(Br)N(CCOC)C1=O. The zero-order chi connectivity index (χ0) is 11.3. The molecule has 1 atom stereocenters. The normalized spacial score (nSPS) is 21.5. The smallest absolute Gasteiger partial charge is 0.321 e. The number of halogens is 1. The monoisotopic (exact) mass is 280 g/mol. The van der Waals surface area contributed by atoms with E-state index < -0.39 is 0 Å². The van der Waals surface area contributed by atoms with Crippen LogP contribution in [0, 0.1) is 0 Å². The van der Waals surface area contributed by atoms with E-state index >= 15 is 0 Å². The molecule has 0 radical (unpaired) electrons. The molecule has 1 fully saturated rings. The van der Waals surface area contributed by atoms with E-state index in [0.717, 1.165) is 0 Å². The molecule has 88 valence electrons. The average molecular weight is 281 g/mol. The van der Waals surface area contributed by atoms with E-state index in [1.165, 1.54) is 0 Å². The molecule has 0 bridgehead atoms. The third kappa shape index (κ3) is 3.32. The van der Waals surface area contributed by atoms with Crippen LogP contribution in [0.25, 0.3) is 0 Å². The van der Waals surface area contributed by atoms with E-state index in [-0.39, 0.29) is 11.0 Å². The predicted octanol–water partition coefficient (Wildman–Crippen LogP) is 0.738. The summed E-state index contributed by atoms with van der Waals surface area (Å²) in [6.45, 7) is 3.09. The molecule has 0 aliphatic carbocycles. The fraction of sp³-hybridized carbons (Fsp3) is 0.889. The van der Waals surface area contributed by atoms with E-state index in [1.54, 1.807) is 24.0 Å². The van der Waals surface area contributed by atoms with Gasteiger partial charge in [0.25, 0.3) is 0 Å². The summed E-state index contributed by atoms with van der Waals surface area (Å²) in [5, 5.41) is 0. The maximum atomic E-state index is 11.8. The molecular weight excluding hydrogens is 264 g/mol. The number of hydrogen-bond acceptors (Lipinski definition) is 3. The van der Waals surface area contributed by atoms with Crippen LogP contribution in [0.5, 0.6) is 0 Å². The largest absolute Gasteiger partial charge is 0.383 e. The molecule has 1 saturated heterocycles. The van der Waals surface area contributed by atoms with Crippen LogP contribution >= 0.6 is 15.9 Å². The molecule has 15 heavy (non-hydrogen) atoms. The Kier molecular flexibility index (Phi) is 5.35. The topological polar surface area (TPSA) is 42.0 Å². The molecule has 2 amide bonds. The Balaban J connectivity index is 2.42. The van der Waals surface area contributed by atoms with Crippen LogP contribution in [0.4, 0.5) is 4.79 Å². The van der Waals surface area contributed by atoms with E-state index in [9.17, 15) is 4.79 Å². The molecule has 0 saturated carbocycles. The van der Waals surface area contributed by atoms with Crippen molar-refractivity contribution in [1.82, 2.24) is 9.80 Å². The summed E-state index contributed by atoms with van der Waals surface area (Å²) in [5.74, 6) is 0. The van der Waals surface area contributed by atoms with Crippen LogP contribution in [-0.2, 0) is 9.47 Å². The van der Waals surface area contributed by atoms with Crippen LogP contribution in [-0.4, -0.2) is 67.8 Å². The van der Waals surface area contributed by atoms with Crippen molar-refractivity contribution in [1.29, 1.82) is 0 Å². The molecule has 0 aromatic rings. The zero-order valence-corrected chi connectivity index (χ0v) is 10.7. The van der Waals surface area contributed by atoms with Gasteiger partial charge in [0.05, 0.1) is 19.8 Å². The number of amides is 2. The number of carbonyl (C=O) groups is 1. The first kappa shape index (κ1) is 12.7. The van der Waals surface area contributed by atoms with Crippen molar-refractivity contribution in [3.8, 4) is 0 Å². The number of hydrogen-bond donors (Lipinski definition) is 0. The second kappa shape index (κ2) is 6.30. The van der Waals surface area contributed by atoms with Gasteiger partial charge >= 0.3 is 6.03 Å². The van der Waals surface area contributed by atoms with Crippen molar-refractivity contribution in [2.75, 3.05) is 47.1 Å². The molecule has 0 aromatic heterocycles. The molecule has 1 rings (SSSR count). The Labute approximate surface area is 98.4 Å². The molecule has 6 heteroatoms. The minimum atomic E-state index is 0.0472. The molecule has 0 N–H and O–H groups in total. The van der Waals surface area contributed by atoms with Crippen molar-refractivity contribution in [3.63, 3.8) is 0 Å². The Morgan fingerprint density at radius 3 is 2.53 bits per heavy atom. The van der Waals surface area contributed by atoms with Crippen LogP contribution in [0.15, 0.2) is 0 Å². The molecule has 1 aliphatic rings. The van der Waals surface area contributed by atoms with E-state index in [1.807, 2.05) is 0 Å². The van der Waals surface area contributed by atoms with Crippen molar-refractivity contribution in [2.24, 2.45) is 0 Å². The minimum absolute atomic E-state index is 0.0472. The summed E-state index contributed by atoms with van der Waals surface area (Å²) in [4.78, 5) is 15.5. The van der Waals surface area contributed by atoms with Gasteiger partial charge < -0.3 is 19.3 Å². The summed E-state index contributed by atoms with van der Waals surface area (Å²) in [5.41, 5.74) is 0. The average Bonchev–Trinajstić information content (AvgIpc) is 2.49. The van der Waals surface area contributed by atoms with Crippen molar-refractivity contribution in [2.45, 2.75) is 4.95 Å². The highest BCUT2D eigenvalue weighted by Crippen LogP contribution is 2.19. The minimum Gasteiger partial charge on any atom is -0.383 e. The highest BCUT2D eigenvalue weighted by molar-refractivity contribution is 9.09. The van der Waals surface area contributed by atoms with E-state index in [2.05, 4.69) is 15.9 Å². The lowest BCUT2D eigenvalue weighted by atomic mass is 10.5. The first-order chi connectivity index (χ1) is 7.20. The lowest BCUT2D eigenvalue weighted by Gasteiger charge is -2.19. The second-order valence-corrected chi connectivity index (χ2v) is 4.40. The number of nitrogens with zero attached hydrogens (tertiary/aromatic N) is 2. The van der Waals surface area contributed by atoms with Gasteiger partial charge in [-0.1, -0.05) is 15.9 Å². The number of rotatable bonds is 6. The Morgan fingerprint density at radius 1 is 1.33 bits per heavy atom. The van der Waals surface area contributed by atoms with Gasteiger partial charge in [0.1, 0.15) is 4.95 Å². The van der Waals surface area contributed by atoms with Gasteiger partial charge in [0.2, 0.25) is 0 Å². The summed E-state index contributed by atoms with van der Waals surface area (Å²) < 4.78 is 9.91. The fourth-order valence-electron chi connectivity index (χ4n) is 1.47. The van der Waals surface area contributed by atoms with Crippen LogP contribution in [0.1, 0.15) is 0 Å². The highest BCUT2D eigenvalue weighted by Gasteiger charge is 2.34. The van der Waals surface area contributed by atoms with Crippen LogP contribution < -0.4 is 0 Å². The van der Waals surface area contributed by atoms with Gasteiger partial charge in [-0.15, -0.1) is 0 Å². The highest BCUT2D eigenvalue weighted by atomic mass is 79.9. The third-order valence-electron chi connectivity index (χ3n) is 2.33. The van der Waals surface area contributed by atoms with Crippen molar-refractivity contribution in [3.05, 3.63) is 0 Å². The maximum Gasteiger partial charge on any atom is 0.321 e. The third-order valence-corrected chi connectivity index (χ3v) is 3.11. The van der Waals surface area contributed by atoms with Crippen molar-refractivity contribution < 1.29 is 14.3 Å². The fourth-order valence-corrected chi connectivity index (χ4v) is 2.20. The maximum absolute atomic E-state index is 11.8. The van der Waals surface area contributed by atoms with E-state index in [0.29, 0.717) is 32.8 Å². The number of urea groups is 1. The number of alkyl halides is 1. The lowest BCUT2D eigenvalue weighted by molar-refractivity contribution is 0.142. The molecule has 1 unspecified atom stereocenters. The van der Waals surface area contributed by atoms with Gasteiger partial charge in [-0.05, 0) is 0 Å². The summed E-state index contributed by atoms with van der Waals surface area (Å²) in [6, 6.07) is 0.0472. The first-order valence-corrected chi connectivity index (χ1v) is 5.79. The molecular formula is C9H17BrN2O3. The number of methoxy groups -OCH3 is 2. The predicted molar refractivity (Wildman–Crippen MR) is 60.1 cm³/mol. The van der Waals surface area contributed by atoms with Crippen LogP contribution in [0.3, 0.4) is 0 Å². The summed E-state index contributed by atoms with van der Waals surface area (Å²) in [7, 11) is 3.27. The Morgan fingerprint density at radius 2 is 1.93 bits per heavy atom. The van der Waals surface area contributed by atoms with Gasteiger partial charge in [-0.3, -0.25) is 0 Å². The molecule has 1 aliphatic heterocycles. The first-order valence-electron chi connectivity index (χ1n) is 4.88. The number of carbonyl (C=O) groups excluding carboxylic acids is 1. The van der Waals surface area contributed by atoms with Gasteiger partial charge in [0.15, 0.2) is 0 Å². The lowest BCUT2D eigenvalue weighted by Crippen LogP contribution is -2.36. The summed E-state index contributed by atoms with van der Waals surface area (Å²) in [6.07, 6.45) is 0. The number of ether oxygens (including phenoxy) is 2. The Hall–Kier alpha value is -0.330. The van der Waals surface area contributed by atoms with Gasteiger partial charge in [-0.2, -0.15) is 0 Å². The molecule has 5 nitrogen and oxygen atoms in total. The van der Waals surface area contributed by atoms with Gasteiger partial charge in [0, 0.05) is 27.3 Å². The van der Waals surface area contributed by atoms with Crippen LogP contribution in [0.2, 0.25) is 0 Å². The van der Waals surface area contributed by atoms with E-state index in [4.69, 9.17) is 9.47 Å². The molecule has 1 heterocycles. The van der Waals surface area contributed by atoms with Gasteiger partial charge in [-0.25, -0.2) is 4.79 Å². The van der Waals surface area contributed by atoms with Crippen molar-refractivity contribution >= 4 is 22.0 Å². The Bertz CT molecular complexity index is 216. The molecule has 0 aromatic carbocycles. The molecule has 0 spiro atoms. The quantitative estimate of drug-likeness (QED) is 0.532. The summed E-state index contributed by atoms with van der Waals surface area (Å²) >= 11 is 3.47. The second-order valence-electron chi connectivity index (χ2n) is 3.34.